The van der Waals surface area contributed by atoms with Gasteiger partial charge in [0.05, 0.1) is 18.3 Å². The number of hydrogen-bond donors (Lipinski definition) is 2. The molecule has 6 nitrogen and oxygen atoms in total. The molecular weight excluding hydrogens is 328 g/mol. The second-order valence-electron chi connectivity index (χ2n) is 5.80. The molecule has 0 unspecified atom stereocenters. The summed E-state index contributed by atoms with van der Waals surface area (Å²) in [5, 5.41) is 9.61. The van der Waals surface area contributed by atoms with Crippen LogP contribution >= 0.6 is 0 Å². The number of hydrogen-bond acceptors (Lipinski definition) is 4. The molecule has 4 rings (SSSR count). The van der Waals surface area contributed by atoms with Gasteiger partial charge in [0.1, 0.15) is 6.26 Å². The number of nitrogens with one attached hydrogen (secondary N) is 2. The molecule has 0 radical (unpaired) electrons. The van der Waals surface area contributed by atoms with Crippen LogP contribution in [-0.2, 0) is 11.2 Å². The SMILES string of the molecule is O=C(Cc1coc(-c2ccccc2)n1)Nc1cccc(-c2cn[nH]c2)c1. The van der Waals surface area contributed by atoms with Crippen LogP contribution in [-0.4, -0.2) is 21.1 Å². The number of nitrogens with zero attached hydrogens (tertiary/aromatic N) is 2. The van der Waals surface area contributed by atoms with Crippen LogP contribution in [0.5, 0.6) is 0 Å². The molecule has 1 amide bonds. The van der Waals surface area contributed by atoms with Gasteiger partial charge in [0.2, 0.25) is 11.8 Å². The third-order valence-electron chi connectivity index (χ3n) is 3.89. The van der Waals surface area contributed by atoms with Crippen LogP contribution in [0.2, 0.25) is 0 Å². The summed E-state index contributed by atoms with van der Waals surface area (Å²) in [5.74, 6) is 0.359. The highest BCUT2D eigenvalue weighted by Gasteiger charge is 2.11. The van der Waals surface area contributed by atoms with Crippen molar-refractivity contribution in [3.05, 3.63) is 78.9 Å². The van der Waals surface area contributed by atoms with Crippen molar-refractivity contribution in [2.75, 3.05) is 5.32 Å². The first kappa shape index (κ1) is 15.8. The molecule has 0 atom stereocenters. The zero-order valence-electron chi connectivity index (χ0n) is 13.8. The number of carbonyl (C=O) groups is 1. The number of benzene rings is 2. The number of carbonyl (C=O) groups excluding carboxylic acids is 1. The standard InChI is InChI=1S/C20H16N4O2/c25-19(10-18-13-26-20(24-18)14-5-2-1-3-6-14)23-17-8-4-7-15(9-17)16-11-21-22-12-16/h1-9,11-13H,10H2,(H,21,22)(H,23,25). The zero-order valence-corrected chi connectivity index (χ0v) is 13.8. The predicted molar refractivity (Wildman–Crippen MR) is 98.3 cm³/mol. The highest BCUT2D eigenvalue weighted by Crippen LogP contribution is 2.22. The van der Waals surface area contributed by atoms with Gasteiger partial charge in [-0.25, -0.2) is 4.98 Å². The maximum atomic E-state index is 12.3. The predicted octanol–water partition coefficient (Wildman–Crippen LogP) is 3.91. The molecule has 26 heavy (non-hydrogen) atoms. The fraction of sp³-hybridized carbons (Fsp3) is 0.0500. The fourth-order valence-electron chi connectivity index (χ4n) is 2.66. The number of oxazole rings is 1. The van der Waals surface area contributed by atoms with E-state index in [1.54, 1.807) is 12.4 Å². The molecular formula is C20H16N4O2. The molecule has 6 heteroatoms. The van der Waals surface area contributed by atoms with Crippen LogP contribution in [0.25, 0.3) is 22.6 Å². The highest BCUT2D eigenvalue weighted by atomic mass is 16.3. The minimum absolute atomic E-state index is 0.145. The summed E-state index contributed by atoms with van der Waals surface area (Å²) in [7, 11) is 0. The van der Waals surface area contributed by atoms with Crippen molar-refractivity contribution in [2.24, 2.45) is 0 Å². The van der Waals surface area contributed by atoms with Crippen LogP contribution in [0.1, 0.15) is 5.69 Å². The maximum absolute atomic E-state index is 12.3. The van der Waals surface area contributed by atoms with Crippen molar-refractivity contribution < 1.29 is 9.21 Å². The number of aromatic nitrogens is 3. The summed E-state index contributed by atoms with van der Waals surface area (Å²) in [4.78, 5) is 16.7. The van der Waals surface area contributed by atoms with Gasteiger partial charge in [-0.2, -0.15) is 5.10 Å². The number of H-pyrrole nitrogens is 1. The highest BCUT2D eigenvalue weighted by molar-refractivity contribution is 5.92. The van der Waals surface area contributed by atoms with Crippen LogP contribution < -0.4 is 5.32 Å². The quantitative estimate of drug-likeness (QED) is 0.575. The Bertz CT molecular complexity index is 1010. The first-order valence-electron chi connectivity index (χ1n) is 8.17. The molecule has 2 aromatic carbocycles. The molecule has 0 aliphatic rings. The second kappa shape index (κ2) is 7.06. The average Bonchev–Trinajstić information content (AvgIpc) is 3.35. The third kappa shape index (κ3) is 3.54. The first-order valence-corrected chi connectivity index (χ1v) is 8.17. The number of aromatic amines is 1. The molecule has 2 heterocycles. The first-order chi connectivity index (χ1) is 12.8. The van der Waals surface area contributed by atoms with E-state index >= 15 is 0 Å². The Kier molecular flexibility index (Phi) is 4.30. The van der Waals surface area contributed by atoms with Gasteiger partial charge in [0.25, 0.3) is 0 Å². The summed E-state index contributed by atoms with van der Waals surface area (Å²) >= 11 is 0. The van der Waals surface area contributed by atoms with E-state index in [4.69, 9.17) is 4.42 Å². The number of rotatable bonds is 5. The minimum atomic E-state index is -0.151. The van der Waals surface area contributed by atoms with Crippen molar-refractivity contribution in [2.45, 2.75) is 6.42 Å². The Morgan fingerprint density at radius 2 is 1.88 bits per heavy atom. The lowest BCUT2D eigenvalue weighted by atomic mass is 10.1. The Labute approximate surface area is 149 Å². The lowest BCUT2D eigenvalue weighted by molar-refractivity contribution is -0.115. The monoisotopic (exact) mass is 344 g/mol. The van der Waals surface area contributed by atoms with Crippen LogP contribution in [0.4, 0.5) is 5.69 Å². The zero-order chi connectivity index (χ0) is 17.8. The van der Waals surface area contributed by atoms with Gasteiger partial charge in [0, 0.05) is 23.0 Å². The van der Waals surface area contributed by atoms with Gasteiger partial charge in [-0.05, 0) is 29.8 Å². The van der Waals surface area contributed by atoms with E-state index in [1.807, 2.05) is 54.6 Å². The molecule has 0 saturated carbocycles. The van der Waals surface area contributed by atoms with Crippen molar-refractivity contribution >= 4 is 11.6 Å². The lowest BCUT2D eigenvalue weighted by Crippen LogP contribution is -2.14. The van der Waals surface area contributed by atoms with E-state index in [9.17, 15) is 4.79 Å². The number of amides is 1. The van der Waals surface area contributed by atoms with Crippen molar-refractivity contribution in [3.8, 4) is 22.6 Å². The largest absolute Gasteiger partial charge is 0.444 e. The Morgan fingerprint density at radius 1 is 1.04 bits per heavy atom. The van der Waals surface area contributed by atoms with E-state index in [0.29, 0.717) is 11.6 Å². The van der Waals surface area contributed by atoms with Crippen LogP contribution in [0.3, 0.4) is 0 Å². The third-order valence-corrected chi connectivity index (χ3v) is 3.89. The van der Waals surface area contributed by atoms with Crippen LogP contribution in [0.15, 0.2) is 77.7 Å². The molecule has 2 N–H and O–H groups in total. The Balaban J connectivity index is 1.43. The molecule has 0 saturated heterocycles. The molecule has 2 aromatic heterocycles. The summed E-state index contributed by atoms with van der Waals surface area (Å²) in [6.07, 6.45) is 5.21. The molecule has 0 spiro atoms. The smallest absolute Gasteiger partial charge is 0.230 e. The van der Waals surface area contributed by atoms with Gasteiger partial charge < -0.3 is 9.73 Å². The summed E-state index contributed by atoms with van der Waals surface area (Å²) in [6, 6.07) is 17.2. The molecule has 0 aliphatic heterocycles. The van der Waals surface area contributed by atoms with Crippen LogP contribution in [0, 0.1) is 0 Å². The van der Waals surface area contributed by atoms with E-state index in [0.717, 1.165) is 22.4 Å². The summed E-state index contributed by atoms with van der Waals surface area (Å²) in [6.45, 7) is 0. The van der Waals surface area contributed by atoms with E-state index in [1.165, 1.54) is 6.26 Å². The topological polar surface area (TPSA) is 83.8 Å². The molecule has 128 valence electrons. The summed E-state index contributed by atoms with van der Waals surface area (Å²) < 4.78 is 5.47. The minimum Gasteiger partial charge on any atom is -0.444 e. The van der Waals surface area contributed by atoms with Crippen molar-refractivity contribution in [1.29, 1.82) is 0 Å². The van der Waals surface area contributed by atoms with E-state index < -0.39 is 0 Å². The molecule has 4 aromatic rings. The van der Waals surface area contributed by atoms with Gasteiger partial charge in [0.15, 0.2) is 0 Å². The Morgan fingerprint density at radius 3 is 2.69 bits per heavy atom. The maximum Gasteiger partial charge on any atom is 0.230 e. The Hall–Kier alpha value is -3.67. The number of anilines is 1. The fourth-order valence-corrected chi connectivity index (χ4v) is 2.66. The van der Waals surface area contributed by atoms with Gasteiger partial charge in [-0.3, -0.25) is 9.89 Å². The average molecular weight is 344 g/mol. The normalized spacial score (nSPS) is 10.6. The molecule has 0 aliphatic carbocycles. The van der Waals surface area contributed by atoms with Gasteiger partial charge in [-0.1, -0.05) is 30.3 Å². The van der Waals surface area contributed by atoms with Gasteiger partial charge in [-0.15, -0.1) is 0 Å². The molecule has 0 fully saturated rings. The van der Waals surface area contributed by atoms with Crippen molar-refractivity contribution in [3.63, 3.8) is 0 Å². The lowest BCUT2D eigenvalue weighted by Gasteiger charge is -2.05. The van der Waals surface area contributed by atoms with E-state index in [-0.39, 0.29) is 12.3 Å². The van der Waals surface area contributed by atoms with Crippen molar-refractivity contribution in [1.82, 2.24) is 15.2 Å². The second-order valence-corrected chi connectivity index (χ2v) is 5.80. The summed E-state index contributed by atoms with van der Waals surface area (Å²) in [5.41, 5.74) is 4.13. The molecule has 0 bridgehead atoms. The van der Waals surface area contributed by atoms with Gasteiger partial charge >= 0.3 is 0 Å². The van der Waals surface area contributed by atoms with E-state index in [2.05, 4.69) is 20.5 Å².